The standard InChI is InChI=1S/C29H24BrN3O8S/c1-5-40-28(35)25-15(2)31-29-32(26(25)19-13-22(38-3)23(39-4)14-20(19)30)27(34)24(42-29)12-18-9-10-21(41-18)16-7-6-8-17(11-16)33(36)37/h6-14,26H,5H2,1-4H3/b24-12-/t26-/m0/s1. The highest BCUT2D eigenvalue weighted by atomic mass is 79.9. The molecule has 0 fully saturated rings. The number of halogens is 1. The maximum absolute atomic E-state index is 13.9. The van der Waals surface area contributed by atoms with Crippen molar-refractivity contribution in [1.29, 1.82) is 0 Å². The van der Waals surface area contributed by atoms with Gasteiger partial charge < -0.3 is 18.6 Å². The number of nitrogens with zero attached hydrogens (tertiary/aromatic N) is 3. The van der Waals surface area contributed by atoms with Crippen molar-refractivity contribution in [2.24, 2.45) is 4.99 Å². The normalized spacial score (nSPS) is 14.8. The van der Waals surface area contributed by atoms with E-state index in [0.29, 0.717) is 53.6 Å². The van der Waals surface area contributed by atoms with E-state index < -0.39 is 22.5 Å². The molecule has 13 heteroatoms. The highest BCUT2D eigenvalue weighted by Gasteiger charge is 2.35. The molecule has 0 radical (unpaired) electrons. The van der Waals surface area contributed by atoms with Crippen molar-refractivity contribution >= 4 is 45.0 Å². The second kappa shape index (κ2) is 11.8. The number of hydrogen-bond acceptors (Lipinski definition) is 10. The van der Waals surface area contributed by atoms with Gasteiger partial charge in [0.25, 0.3) is 11.2 Å². The Kier molecular flexibility index (Phi) is 8.14. The van der Waals surface area contributed by atoms with Gasteiger partial charge in [0, 0.05) is 28.2 Å². The summed E-state index contributed by atoms with van der Waals surface area (Å²) >= 11 is 4.72. The zero-order chi connectivity index (χ0) is 30.1. The third kappa shape index (κ3) is 5.28. The number of fused-ring (bicyclic) bond motifs is 1. The molecule has 3 heterocycles. The molecule has 0 aliphatic carbocycles. The SMILES string of the molecule is CCOC(=O)C1=C(C)N=c2s/c(=C\c3ccc(-c4cccc([N+](=O)[O-])c4)o3)c(=O)n2[C@H]1c1cc(OC)c(OC)cc1Br. The third-order valence-electron chi connectivity index (χ3n) is 6.56. The average Bonchev–Trinajstić information content (AvgIpc) is 3.56. The maximum atomic E-state index is 13.9. The number of benzene rings is 2. The molecule has 2 aromatic heterocycles. The van der Waals surface area contributed by atoms with Crippen molar-refractivity contribution in [3.05, 3.63) is 105 Å². The molecular weight excluding hydrogens is 630 g/mol. The predicted molar refractivity (Wildman–Crippen MR) is 158 cm³/mol. The van der Waals surface area contributed by atoms with E-state index in [2.05, 4.69) is 20.9 Å². The quantitative estimate of drug-likeness (QED) is 0.151. The molecule has 2 aromatic carbocycles. The highest BCUT2D eigenvalue weighted by molar-refractivity contribution is 9.10. The summed E-state index contributed by atoms with van der Waals surface area (Å²) in [6.07, 6.45) is 1.58. The van der Waals surface area contributed by atoms with E-state index in [4.69, 9.17) is 18.6 Å². The van der Waals surface area contributed by atoms with Crippen molar-refractivity contribution in [3.63, 3.8) is 0 Å². The van der Waals surface area contributed by atoms with Crippen LogP contribution in [0.2, 0.25) is 0 Å². The number of allylic oxidation sites excluding steroid dienone is 1. The Morgan fingerprint density at radius 1 is 1.19 bits per heavy atom. The fourth-order valence-corrected chi connectivity index (χ4v) is 6.22. The van der Waals surface area contributed by atoms with Crippen molar-refractivity contribution in [2.45, 2.75) is 19.9 Å². The number of non-ortho nitro benzene ring substituents is 1. The van der Waals surface area contributed by atoms with Crippen LogP contribution in [0.15, 0.2) is 78.5 Å². The second-order valence-corrected chi connectivity index (χ2v) is 10.9. The highest BCUT2D eigenvalue weighted by Crippen LogP contribution is 2.40. The summed E-state index contributed by atoms with van der Waals surface area (Å²) in [5, 5.41) is 11.2. The van der Waals surface area contributed by atoms with Gasteiger partial charge in [0.2, 0.25) is 0 Å². The van der Waals surface area contributed by atoms with Gasteiger partial charge in [0.15, 0.2) is 16.3 Å². The summed E-state index contributed by atoms with van der Waals surface area (Å²) in [7, 11) is 3.01. The first kappa shape index (κ1) is 29.0. The van der Waals surface area contributed by atoms with Gasteiger partial charge in [-0.15, -0.1) is 0 Å². The maximum Gasteiger partial charge on any atom is 0.338 e. The molecule has 216 valence electrons. The summed E-state index contributed by atoms with van der Waals surface area (Å²) < 4.78 is 24.6. The van der Waals surface area contributed by atoms with Gasteiger partial charge in [0.05, 0.1) is 47.6 Å². The van der Waals surface area contributed by atoms with Crippen molar-refractivity contribution in [1.82, 2.24) is 4.57 Å². The molecule has 0 amide bonds. The number of ether oxygens (including phenoxy) is 3. The van der Waals surface area contributed by atoms with Crippen LogP contribution < -0.4 is 24.4 Å². The fourth-order valence-electron chi connectivity index (χ4n) is 4.65. The number of aromatic nitrogens is 1. The van der Waals surface area contributed by atoms with E-state index in [1.165, 1.54) is 30.9 Å². The first-order chi connectivity index (χ1) is 20.2. The minimum absolute atomic E-state index is 0.0622. The summed E-state index contributed by atoms with van der Waals surface area (Å²) in [6, 6.07) is 12.0. The molecule has 4 aromatic rings. The Bertz CT molecular complexity index is 1940. The Balaban J connectivity index is 1.67. The van der Waals surface area contributed by atoms with Crippen molar-refractivity contribution in [3.8, 4) is 22.8 Å². The van der Waals surface area contributed by atoms with Crippen molar-refractivity contribution < 1.29 is 28.3 Å². The van der Waals surface area contributed by atoms with Gasteiger partial charge in [-0.25, -0.2) is 9.79 Å². The smallest absolute Gasteiger partial charge is 0.338 e. The predicted octanol–water partition coefficient (Wildman–Crippen LogP) is 4.75. The van der Waals surface area contributed by atoms with Crippen LogP contribution in [-0.4, -0.2) is 36.3 Å². The van der Waals surface area contributed by atoms with E-state index in [9.17, 15) is 19.7 Å². The molecule has 0 saturated carbocycles. The number of nitro groups is 1. The Labute approximate surface area is 251 Å². The number of methoxy groups -OCH3 is 2. The third-order valence-corrected chi connectivity index (χ3v) is 8.23. The van der Waals surface area contributed by atoms with E-state index in [-0.39, 0.29) is 17.9 Å². The van der Waals surface area contributed by atoms with Crippen LogP contribution in [0.1, 0.15) is 31.2 Å². The molecule has 0 spiro atoms. The molecular formula is C29H24BrN3O8S. The van der Waals surface area contributed by atoms with Gasteiger partial charge in [-0.1, -0.05) is 39.4 Å². The van der Waals surface area contributed by atoms with Gasteiger partial charge in [-0.3, -0.25) is 19.5 Å². The molecule has 5 rings (SSSR count). The lowest BCUT2D eigenvalue weighted by atomic mass is 9.95. The van der Waals surface area contributed by atoms with Gasteiger partial charge >= 0.3 is 5.97 Å². The lowest BCUT2D eigenvalue weighted by Crippen LogP contribution is -2.40. The van der Waals surface area contributed by atoms with E-state index in [1.54, 1.807) is 56.3 Å². The summed E-state index contributed by atoms with van der Waals surface area (Å²) in [5.41, 5.74) is 1.27. The molecule has 1 aliphatic heterocycles. The van der Waals surface area contributed by atoms with Crippen LogP contribution in [0.4, 0.5) is 5.69 Å². The van der Waals surface area contributed by atoms with Crippen LogP contribution in [-0.2, 0) is 9.53 Å². The Hall–Kier alpha value is -4.49. The zero-order valence-electron chi connectivity index (χ0n) is 22.9. The number of hydrogen-bond donors (Lipinski definition) is 0. The van der Waals surface area contributed by atoms with E-state index >= 15 is 0 Å². The summed E-state index contributed by atoms with van der Waals surface area (Å²) in [4.78, 5) is 42.8. The molecule has 0 unspecified atom stereocenters. The van der Waals surface area contributed by atoms with Crippen molar-refractivity contribution in [2.75, 3.05) is 20.8 Å². The molecule has 11 nitrogen and oxygen atoms in total. The van der Waals surface area contributed by atoms with E-state index in [0.717, 1.165) is 11.3 Å². The van der Waals surface area contributed by atoms with Crippen LogP contribution >= 0.6 is 27.3 Å². The monoisotopic (exact) mass is 653 g/mol. The number of furan rings is 1. The topological polar surface area (TPSA) is 135 Å². The zero-order valence-corrected chi connectivity index (χ0v) is 25.3. The van der Waals surface area contributed by atoms with Gasteiger partial charge in [-0.2, -0.15) is 0 Å². The first-order valence-corrected chi connectivity index (χ1v) is 14.2. The number of thiazole rings is 1. The number of esters is 1. The number of rotatable bonds is 8. The van der Waals surface area contributed by atoms with Crippen LogP contribution in [0.25, 0.3) is 17.4 Å². The average molecular weight is 654 g/mol. The lowest BCUT2D eigenvalue weighted by molar-refractivity contribution is -0.384. The molecule has 42 heavy (non-hydrogen) atoms. The van der Waals surface area contributed by atoms with Crippen LogP contribution in [0.5, 0.6) is 11.5 Å². The minimum atomic E-state index is -0.881. The molecule has 0 bridgehead atoms. The number of carbonyl (C=O) groups is 1. The number of carbonyl (C=O) groups excluding carboxylic acids is 1. The molecule has 0 N–H and O–H groups in total. The lowest BCUT2D eigenvalue weighted by Gasteiger charge is -2.26. The summed E-state index contributed by atoms with van der Waals surface area (Å²) in [5.74, 6) is 1.07. The Morgan fingerprint density at radius 2 is 1.93 bits per heavy atom. The number of nitro benzene ring substituents is 1. The van der Waals surface area contributed by atoms with E-state index in [1.807, 2.05) is 0 Å². The molecule has 1 atom stereocenters. The minimum Gasteiger partial charge on any atom is -0.493 e. The Morgan fingerprint density at radius 3 is 2.62 bits per heavy atom. The second-order valence-electron chi connectivity index (χ2n) is 9.04. The van der Waals surface area contributed by atoms with Gasteiger partial charge in [-0.05, 0) is 43.7 Å². The van der Waals surface area contributed by atoms with Gasteiger partial charge in [0.1, 0.15) is 11.5 Å². The van der Waals surface area contributed by atoms with Crippen LogP contribution in [0, 0.1) is 10.1 Å². The largest absolute Gasteiger partial charge is 0.493 e. The first-order valence-electron chi connectivity index (χ1n) is 12.6. The molecule has 0 saturated heterocycles. The summed E-state index contributed by atoms with van der Waals surface area (Å²) in [6.45, 7) is 3.55. The molecule has 1 aliphatic rings. The van der Waals surface area contributed by atoms with Crippen LogP contribution in [0.3, 0.4) is 0 Å². The fraction of sp³-hybridized carbons (Fsp3) is 0.207.